The Morgan fingerprint density at radius 1 is 1.20 bits per heavy atom. The van der Waals surface area contributed by atoms with Gasteiger partial charge in [0.05, 0.1) is 7.11 Å². The van der Waals surface area contributed by atoms with Crippen LogP contribution in [0.25, 0.3) is 6.08 Å². The zero-order valence-corrected chi connectivity index (χ0v) is 14.3. The van der Waals surface area contributed by atoms with Crippen LogP contribution in [0.5, 0.6) is 11.5 Å². The van der Waals surface area contributed by atoms with Gasteiger partial charge in [0.2, 0.25) is 5.91 Å². The van der Waals surface area contributed by atoms with Gasteiger partial charge in [-0.05, 0) is 29.3 Å². The normalized spacial score (nSPS) is 10.3. The van der Waals surface area contributed by atoms with Crippen LogP contribution in [-0.4, -0.2) is 31.6 Å². The van der Waals surface area contributed by atoms with Crippen LogP contribution >= 0.6 is 0 Å². The Hall–Kier alpha value is -3.26. The van der Waals surface area contributed by atoms with Crippen LogP contribution in [-0.2, 0) is 11.3 Å². The molecule has 0 saturated carbocycles. The molecule has 0 saturated heterocycles. The molecule has 0 radical (unpaired) electrons. The number of nitriles is 1. The van der Waals surface area contributed by atoms with Crippen LogP contribution < -0.4 is 9.47 Å². The summed E-state index contributed by atoms with van der Waals surface area (Å²) in [5.74, 6) is 0.920. The highest BCUT2D eigenvalue weighted by atomic mass is 16.5. The number of ether oxygens (including phenoxy) is 2. The highest BCUT2D eigenvalue weighted by Crippen LogP contribution is 2.28. The molecule has 0 aliphatic rings. The molecule has 2 aromatic carbocycles. The average Bonchev–Trinajstić information content (AvgIpc) is 2.65. The lowest BCUT2D eigenvalue weighted by atomic mass is 10.1. The molecular weight excluding hydrogens is 316 g/mol. The van der Waals surface area contributed by atoms with Gasteiger partial charge in [0.25, 0.3) is 0 Å². The van der Waals surface area contributed by atoms with E-state index < -0.39 is 0 Å². The number of hydrogen-bond acceptors (Lipinski definition) is 4. The summed E-state index contributed by atoms with van der Waals surface area (Å²) >= 11 is 0. The number of nitrogens with zero attached hydrogens (tertiary/aromatic N) is 2. The van der Waals surface area contributed by atoms with Crippen molar-refractivity contribution < 1.29 is 14.3 Å². The number of benzene rings is 2. The first kappa shape index (κ1) is 18.1. The Labute approximate surface area is 147 Å². The quantitative estimate of drug-likeness (QED) is 0.728. The van der Waals surface area contributed by atoms with Crippen molar-refractivity contribution >= 4 is 12.0 Å². The van der Waals surface area contributed by atoms with Crippen LogP contribution in [0.2, 0.25) is 0 Å². The van der Waals surface area contributed by atoms with Crippen molar-refractivity contribution in [3.05, 3.63) is 65.7 Å². The highest BCUT2D eigenvalue weighted by molar-refractivity contribution is 5.91. The van der Waals surface area contributed by atoms with Gasteiger partial charge < -0.3 is 14.4 Å². The van der Waals surface area contributed by atoms with E-state index in [1.54, 1.807) is 36.2 Å². The Morgan fingerprint density at radius 3 is 2.64 bits per heavy atom. The number of rotatable bonds is 7. The van der Waals surface area contributed by atoms with Crippen LogP contribution in [0, 0.1) is 11.3 Å². The van der Waals surface area contributed by atoms with Crippen molar-refractivity contribution in [2.45, 2.75) is 6.54 Å². The predicted octanol–water partition coefficient (Wildman–Crippen LogP) is 3.27. The summed E-state index contributed by atoms with van der Waals surface area (Å²) in [4.78, 5) is 13.9. The summed E-state index contributed by atoms with van der Waals surface area (Å²) in [6, 6.07) is 17.0. The lowest BCUT2D eigenvalue weighted by molar-refractivity contribution is -0.125. The third-order valence-electron chi connectivity index (χ3n) is 3.54. The minimum Gasteiger partial charge on any atom is -0.493 e. The summed E-state index contributed by atoms with van der Waals surface area (Å²) in [6.45, 7) is 0.503. The maximum Gasteiger partial charge on any atom is 0.246 e. The number of carbonyl (C=O) groups excluding carboxylic acids is 1. The summed E-state index contributed by atoms with van der Waals surface area (Å²) in [6.07, 6.45) is 3.24. The maximum atomic E-state index is 12.2. The van der Waals surface area contributed by atoms with Crippen molar-refractivity contribution in [3.8, 4) is 17.6 Å². The van der Waals surface area contributed by atoms with Crippen LogP contribution in [0.15, 0.2) is 54.6 Å². The van der Waals surface area contributed by atoms with Crippen LogP contribution in [0.3, 0.4) is 0 Å². The van der Waals surface area contributed by atoms with Gasteiger partial charge in [-0.15, -0.1) is 0 Å². The van der Waals surface area contributed by atoms with Crippen molar-refractivity contribution in [1.82, 2.24) is 4.90 Å². The van der Waals surface area contributed by atoms with E-state index in [0.717, 1.165) is 11.1 Å². The van der Waals surface area contributed by atoms with Gasteiger partial charge in [0.15, 0.2) is 18.1 Å². The smallest absolute Gasteiger partial charge is 0.246 e. The third kappa shape index (κ3) is 5.40. The average molecular weight is 336 g/mol. The molecule has 0 fully saturated rings. The molecule has 0 aliphatic carbocycles. The molecule has 1 amide bonds. The zero-order chi connectivity index (χ0) is 18.1. The monoisotopic (exact) mass is 336 g/mol. The van der Waals surface area contributed by atoms with Crippen molar-refractivity contribution in [2.24, 2.45) is 0 Å². The summed E-state index contributed by atoms with van der Waals surface area (Å²) in [7, 11) is 3.29. The number of methoxy groups -OCH3 is 1. The standard InChI is InChI=1S/C20H20N2O3/c1-22(15-17-6-4-3-5-7-17)20(23)11-9-16-8-10-18(25-13-12-21)19(14-16)24-2/h3-11,14H,13,15H2,1-2H3. The SMILES string of the molecule is COc1cc(C=CC(=O)N(C)Cc2ccccc2)ccc1OCC#N. The summed E-state index contributed by atoms with van der Waals surface area (Å²) < 4.78 is 10.5. The second-order valence-electron chi connectivity index (χ2n) is 5.37. The van der Waals surface area contributed by atoms with E-state index in [1.807, 2.05) is 36.4 Å². The molecule has 5 nitrogen and oxygen atoms in total. The van der Waals surface area contributed by atoms with E-state index in [9.17, 15) is 4.79 Å². The van der Waals surface area contributed by atoms with E-state index in [1.165, 1.54) is 13.2 Å². The molecule has 0 heterocycles. The number of hydrogen-bond donors (Lipinski definition) is 0. The van der Waals surface area contributed by atoms with Gasteiger partial charge in [-0.3, -0.25) is 4.79 Å². The largest absolute Gasteiger partial charge is 0.493 e. The Morgan fingerprint density at radius 2 is 1.96 bits per heavy atom. The van der Waals surface area contributed by atoms with Gasteiger partial charge in [0, 0.05) is 19.7 Å². The first-order valence-electron chi connectivity index (χ1n) is 7.79. The lowest BCUT2D eigenvalue weighted by Gasteiger charge is -2.15. The predicted molar refractivity (Wildman–Crippen MR) is 96.1 cm³/mol. The third-order valence-corrected chi connectivity index (χ3v) is 3.54. The van der Waals surface area contributed by atoms with Gasteiger partial charge in [-0.2, -0.15) is 5.26 Å². The van der Waals surface area contributed by atoms with E-state index in [4.69, 9.17) is 14.7 Å². The molecule has 0 aromatic heterocycles. The lowest BCUT2D eigenvalue weighted by Crippen LogP contribution is -2.24. The fraction of sp³-hybridized carbons (Fsp3) is 0.200. The van der Waals surface area contributed by atoms with Gasteiger partial charge in [-0.1, -0.05) is 36.4 Å². The van der Waals surface area contributed by atoms with Crippen molar-refractivity contribution in [1.29, 1.82) is 5.26 Å². The van der Waals surface area contributed by atoms with E-state index in [-0.39, 0.29) is 12.5 Å². The Bertz CT molecular complexity index is 779. The molecule has 2 aromatic rings. The molecule has 0 aliphatic heterocycles. The minimum absolute atomic E-state index is 0.0473. The maximum absolute atomic E-state index is 12.2. The van der Waals surface area contributed by atoms with Crippen molar-refractivity contribution in [3.63, 3.8) is 0 Å². The first-order valence-corrected chi connectivity index (χ1v) is 7.79. The molecule has 0 bridgehead atoms. The first-order chi connectivity index (χ1) is 12.1. The summed E-state index contributed by atoms with van der Waals surface area (Å²) in [5.41, 5.74) is 1.88. The molecule has 0 unspecified atom stereocenters. The van der Waals surface area contributed by atoms with Gasteiger partial charge in [-0.25, -0.2) is 0 Å². The Kier molecular flexibility index (Phi) is 6.61. The molecule has 5 heteroatoms. The molecular formula is C20H20N2O3. The number of carbonyl (C=O) groups is 1. The van der Waals surface area contributed by atoms with E-state index in [0.29, 0.717) is 18.0 Å². The summed E-state index contributed by atoms with van der Waals surface area (Å²) in [5, 5.41) is 8.58. The number of likely N-dealkylation sites (N-methyl/N-ethyl adjacent to an activating group) is 1. The molecule has 2 rings (SSSR count). The van der Waals surface area contributed by atoms with Gasteiger partial charge in [0.1, 0.15) is 6.07 Å². The Balaban J connectivity index is 2.02. The zero-order valence-electron chi connectivity index (χ0n) is 14.3. The minimum atomic E-state index is -0.0902. The molecule has 0 atom stereocenters. The molecule has 25 heavy (non-hydrogen) atoms. The second kappa shape index (κ2) is 9.14. The van der Waals surface area contributed by atoms with Crippen LogP contribution in [0.1, 0.15) is 11.1 Å². The van der Waals surface area contributed by atoms with E-state index in [2.05, 4.69) is 0 Å². The number of amides is 1. The fourth-order valence-electron chi connectivity index (χ4n) is 2.25. The van der Waals surface area contributed by atoms with Crippen LogP contribution in [0.4, 0.5) is 0 Å². The molecule has 128 valence electrons. The molecule has 0 spiro atoms. The highest BCUT2D eigenvalue weighted by Gasteiger charge is 2.07. The second-order valence-corrected chi connectivity index (χ2v) is 5.37. The fourth-order valence-corrected chi connectivity index (χ4v) is 2.25. The van der Waals surface area contributed by atoms with Gasteiger partial charge >= 0.3 is 0 Å². The molecule has 0 N–H and O–H groups in total. The van der Waals surface area contributed by atoms with E-state index >= 15 is 0 Å². The van der Waals surface area contributed by atoms with Crippen molar-refractivity contribution in [2.75, 3.05) is 20.8 Å². The topological polar surface area (TPSA) is 62.6 Å².